The van der Waals surface area contributed by atoms with Gasteiger partial charge in [-0.25, -0.2) is 0 Å². The van der Waals surface area contributed by atoms with Crippen molar-refractivity contribution < 1.29 is 4.79 Å². The molecule has 1 rings (SSSR count). The highest BCUT2D eigenvalue weighted by Crippen LogP contribution is 2.20. The van der Waals surface area contributed by atoms with Crippen LogP contribution in [0.15, 0.2) is 22.8 Å². The molecular weight excluding hydrogens is 124 g/mol. The topological polar surface area (TPSA) is 17.1 Å². The summed E-state index contributed by atoms with van der Waals surface area (Å²) in [6, 6.07) is 0. The van der Waals surface area contributed by atoms with E-state index in [2.05, 4.69) is 0 Å². The molecule has 0 aromatic rings. The summed E-state index contributed by atoms with van der Waals surface area (Å²) >= 11 is 0. The molecular formula is C9H12O. The summed E-state index contributed by atoms with van der Waals surface area (Å²) in [4.78, 5) is 11.0. The number of carbonyl (C=O) groups excluding carboxylic acids is 1. The monoisotopic (exact) mass is 136 g/mol. The molecule has 0 unspecified atom stereocenters. The summed E-state index contributed by atoms with van der Waals surface area (Å²) < 4.78 is 0. The molecule has 1 aliphatic carbocycles. The van der Waals surface area contributed by atoms with Crippen LogP contribution >= 0.6 is 0 Å². The third-order valence-electron chi connectivity index (χ3n) is 2.17. The minimum atomic E-state index is 0.267. The minimum absolute atomic E-state index is 0.267. The van der Waals surface area contributed by atoms with E-state index in [4.69, 9.17) is 0 Å². The van der Waals surface area contributed by atoms with E-state index in [9.17, 15) is 4.79 Å². The summed E-state index contributed by atoms with van der Waals surface area (Å²) in [6.07, 6.45) is 2.58. The molecule has 0 saturated heterocycles. The van der Waals surface area contributed by atoms with Gasteiger partial charge in [0.15, 0.2) is 5.78 Å². The highest BCUT2D eigenvalue weighted by molar-refractivity contribution is 5.98. The molecule has 54 valence electrons. The Morgan fingerprint density at radius 2 is 1.80 bits per heavy atom. The van der Waals surface area contributed by atoms with E-state index in [1.54, 1.807) is 0 Å². The summed E-state index contributed by atoms with van der Waals surface area (Å²) in [5.74, 6) is 0.267. The highest BCUT2D eigenvalue weighted by atomic mass is 16.1. The van der Waals surface area contributed by atoms with Gasteiger partial charge in [0, 0.05) is 6.42 Å². The van der Waals surface area contributed by atoms with Crippen molar-refractivity contribution in [1.29, 1.82) is 0 Å². The number of rotatable bonds is 0. The first-order valence-corrected chi connectivity index (χ1v) is 3.50. The van der Waals surface area contributed by atoms with Crippen molar-refractivity contribution in [3.8, 4) is 0 Å². The summed E-state index contributed by atoms with van der Waals surface area (Å²) in [5.41, 5.74) is 3.33. The molecule has 1 aliphatic rings. The zero-order chi connectivity index (χ0) is 7.72. The van der Waals surface area contributed by atoms with E-state index in [0.717, 1.165) is 11.1 Å². The van der Waals surface area contributed by atoms with Gasteiger partial charge >= 0.3 is 0 Å². The largest absolute Gasteiger partial charge is 0.294 e. The first kappa shape index (κ1) is 7.26. The maximum atomic E-state index is 11.0. The minimum Gasteiger partial charge on any atom is -0.294 e. The second-order valence-electron chi connectivity index (χ2n) is 2.76. The van der Waals surface area contributed by atoms with Gasteiger partial charge in [-0.3, -0.25) is 4.79 Å². The SMILES string of the molecule is CC1=CCC(=O)C(C)=C1C. The summed E-state index contributed by atoms with van der Waals surface area (Å²) in [6.45, 7) is 5.94. The van der Waals surface area contributed by atoms with Crippen molar-refractivity contribution in [3.63, 3.8) is 0 Å². The fraction of sp³-hybridized carbons (Fsp3) is 0.444. The van der Waals surface area contributed by atoms with E-state index in [0.29, 0.717) is 6.42 Å². The van der Waals surface area contributed by atoms with Crippen LogP contribution in [0.4, 0.5) is 0 Å². The third kappa shape index (κ3) is 1.04. The molecule has 0 spiro atoms. The predicted molar refractivity (Wildman–Crippen MR) is 41.8 cm³/mol. The van der Waals surface area contributed by atoms with Crippen LogP contribution in [0.3, 0.4) is 0 Å². The predicted octanol–water partition coefficient (Wildman–Crippen LogP) is 2.24. The van der Waals surface area contributed by atoms with Crippen molar-refractivity contribution in [3.05, 3.63) is 22.8 Å². The first-order valence-electron chi connectivity index (χ1n) is 3.50. The van der Waals surface area contributed by atoms with Crippen LogP contribution in [-0.4, -0.2) is 5.78 Å². The number of ketones is 1. The van der Waals surface area contributed by atoms with Gasteiger partial charge in [-0.05, 0) is 31.9 Å². The number of hydrogen-bond acceptors (Lipinski definition) is 1. The van der Waals surface area contributed by atoms with Gasteiger partial charge in [0.2, 0.25) is 0 Å². The van der Waals surface area contributed by atoms with Crippen molar-refractivity contribution in [2.75, 3.05) is 0 Å². The summed E-state index contributed by atoms with van der Waals surface area (Å²) in [5, 5.41) is 0. The van der Waals surface area contributed by atoms with Gasteiger partial charge in [-0.1, -0.05) is 11.6 Å². The lowest BCUT2D eigenvalue weighted by molar-refractivity contribution is -0.114. The molecule has 0 fully saturated rings. The molecule has 0 bridgehead atoms. The van der Waals surface area contributed by atoms with Crippen LogP contribution in [0, 0.1) is 0 Å². The average molecular weight is 136 g/mol. The van der Waals surface area contributed by atoms with Gasteiger partial charge in [-0.2, -0.15) is 0 Å². The van der Waals surface area contributed by atoms with Crippen molar-refractivity contribution >= 4 is 5.78 Å². The lowest BCUT2D eigenvalue weighted by Crippen LogP contribution is -2.05. The van der Waals surface area contributed by atoms with Gasteiger partial charge in [0.25, 0.3) is 0 Å². The Kier molecular flexibility index (Phi) is 1.75. The molecule has 0 aromatic carbocycles. The smallest absolute Gasteiger partial charge is 0.162 e. The Morgan fingerprint density at radius 3 is 2.30 bits per heavy atom. The Labute approximate surface area is 61.4 Å². The lowest BCUT2D eigenvalue weighted by Gasteiger charge is -2.11. The van der Waals surface area contributed by atoms with Gasteiger partial charge in [0.05, 0.1) is 0 Å². The normalized spacial score (nSPS) is 19.5. The molecule has 0 aliphatic heterocycles. The molecule has 0 amide bonds. The molecule has 0 aromatic heterocycles. The number of hydrogen-bond donors (Lipinski definition) is 0. The van der Waals surface area contributed by atoms with E-state index < -0.39 is 0 Å². The van der Waals surface area contributed by atoms with Gasteiger partial charge in [0.1, 0.15) is 0 Å². The zero-order valence-electron chi connectivity index (χ0n) is 6.69. The Hall–Kier alpha value is -0.850. The summed E-state index contributed by atoms with van der Waals surface area (Å²) in [7, 11) is 0. The number of allylic oxidation sites excluding steroid dienone is 4. The van der Waals surface area contributed by atoms with Crippen molar-refractivity contribution in [1.82, 2.24) is 0 Å². The second-order valence-corrected chi connectivity index (χ2v) is 2.76. The van der Waals surface area contributed by atoms with Crippen LogP contribution < -0.4 is 0 Å². The van der Waals surface area contributed by atoms with Crippen LogP contribution in [0.5, 0.6) is 0 Å². The second kappa shape index (κ2) is 2.41. The van der Waals surface area contributed by atoms with E-state index in [1.807, 2.05) is 26.8 Å². The molecule has 10 heavy (non-hydrogen) atoms. The fourth-order valence-electron chi connectivity index (χ4n) is 1.06. The van der Waals surface area contributed by atoms with E-state index in [-0.39, 0.29) is 5.78 Å². The standard InChI is InChI=1S/C9H12O/c1-6-4-5-9(10)8(3)7(6)2/h4H,5H2,1-3H3. The van der Waals surface area contributed by atoms with Gasteiger partial charge < -0.3 is 0 Å². The Bertz CT molecular complexity index is 227. The average Bonchev–Trinajstić information content (AvgIpc) is 1.93. The van der Waals surface area contributed by atoms with Crippen LogP contribution in [0.25, 0.3) is 0 Å². The maximum Gasteiger partial charge on any atom is 0.162 e. The molecule has 1 nitrogen and oxygen atoms in total. The molecule has 0 saturated carbocycles. The quantitative estimate of drug-likeness (QED) is 0.499. The van der Waals surface area contributed by atoms with Crippen LogP contribution in [0.2, 0.25) is 0 Å². The third-order valence-corrected chi connectivity index (χ3v) is 2.17. The number of carbonyl (C=O) groups is 1. The van der Waals surface area contributed by atoms with Crippen molar-refractivity contribution in [2.45, 2.75) is 27.2 Å². The van der Waals surface area contributed by atoms with Crippen LogP contribution in [-0.2, 0) is 4.79 Å². The van der Waals surface area contributed by atoms with E-state index >= 15 is 0 Å². The molecule has 0 radical (unpaired) electrons. The molecule has 0 heterocycles. The zero-order valence-corrected chi connectivity index (χ0v) is 6.69. The van der Waals surface area contributed by atoms with Crippen molar-refractivity contribution in [2.24, 2.45) is 0 Å². The van der Waals surface area contributed by atoms with Gasteiger partial charge in [-0.15, -0.1) is 0 Å². The first-order chi connectivity index (χ1) is 4.63. The fourth-order valence-corrected chi connectivity index (χ4v) is 1.06. The Balaban J connectivity index is 3.06. The van der Waals surface area contributed by atoms with Crippen LogP contribution in [0.1, 0.15) is 27.2 Å². The lowest BCUT2D eigenvalue weighted by atomic mass is 9.93. The maximum absolute atomic E-state index is 11.0. The molecule has 1 heteroatoms. The number of Topliss-reactive ketones (excluding diaryl/α,β-unsaturated/α-hetero) is 1. The Morgan fingerprint density at radius 1 is 1.20 bits per heavy atom. The highest BCUT2D eigenvalue weighted by Gasteiger charge is 2.11. The molecule has 0 atom stereocenters. The molecule has 0 N–H and O–H groups in total. The van der Waals surface area contributed by atoms with E-state index in [1.165, 1.54) is 5.57 Å².